The van der Waals surface area contributed by atoms with Gasteiger partial charge in [0, 0.05) is 18.3 Å². The minimum Gasteiger partial charge on any atom is -0.496 e. The molecule has 0 amide bonds. The zero-order valence-corrected chi connectivity index (χ0v) is 10.8. The number of nitrogens with zero attached hydrogens (tertiary/aromatic N) is 1. The Labute approximate surface area is 110 Å². The van der Waals surface area contributed by atoms with Crippen molar-refractivity contribution in [3.05, 3.63) is 40.3 Å². The van der Waals surface area contributed by atoms with Gasteiger partial charge < -0.3 is 20.2 Å². The van der Waals surface area contributed by atoms with E-state index in [1.807, 2.05) is 0 Å². The summed E-state index contributed by atoms with van der Waals surface area (Å²) in [5.41, 5.74) is 6.21. The van der Waals surface area contributed by atoms with E-state index >= 15 is 0 Å². The quantitative estimate of drug-likeness (QED) is 0.853. The Balaban J connectivity index is 2.64. The highest BCUT2D eigenvalue weighted by molar-refractivity contribution is 5.71. The van der Waals surface area contributed by atoms with Gasteiger partial charge in [-0.25, -0.2) is 4.98 Å². The highest BCUT2D eigenvalue weighted by Gasteiger charge is 2.15. The van der Waals surface area contributed by atoms with Crippen molar-refractivity contribution in [2.75, 3.05) is 14.2 Å². The minimum absolute atomic E-state index is 0.145. The van der Waals surface area contributed by atoms with Crippen LogP contribution in [0.25, 0.3) is 11.4 Å². The maximum absolute atomic E-state index is 11.8. The first kappa shape index (κ1) is 13.1. The van der Waals surface area contributed by atoms with E-state index in [9.17, 15) is 4.79 Å². The van der Waals surface area contributed by atoms with Gasteiger partial charge >= 0.3 is 0 Å². The molecule has 1 aromatic carbocycles. The third-order valence-corrected chi connectivity index (χ3v) is 2.76. The molecule has 19 heavy (non-hydrogen) atoms. The van der Waals surface area contributed by atoms with Gasteiger partial charge in [0.25, 0.3) is 5.56 Å². The van der Waals surface area contributed by atoms with Crippen molar-refractivity contribution >= 4 is 0 Å². The van der Waals surface area contributed by atoms with Gasteiger partial charge in [0.1, 0.15) is 22.9 Å². The normalized spacial score (nSPS) is 10.3. The lowest BCUT2D eigenvalue weighted by Crippen LogP contribution is -2.17. The third-order valence-electron chi connectivity index (χ3n) is 2.76. The molecule has 1 aromatic heterocycles. The number of nitrogens with one attached hydrogen (secondary N) is 1. The topological polar surface area (TPSA) is 90.2 Å². The van der Waals surface area contributed by atoms with E-state index < -0.39 is 0 Å². The van der Waals surface area contributed by atoms with Gasteiger partial charge in [-0.3, -0.25) is 4.79 Å². The first-order valence-electron chi connectivity index (χ1n) is 5.71. The van der Waals surface area contributed by atoms with E-state index in [4.69, 9.17) is 15.2 Å². The largest absolute Gasteiger partial charge is 0.496 e. The van der Waals surface area contributed by atoms with Crippen molar-refractivity contribution in [2.24, 2.45) is 5.73 Å². The van der Waals surface area contributed by atoms with Crippen LogP contribution < -0.4 is 20.8 Å². The van der Waals surface area contributed by atoms with E-state index in [-0.39, 0.29) is 12.1 Å². The molecular weight excluding hydrogens is 246 g/mol. The molecule has 3 N–H and O–H groups in total. The summed E-state index contributed by atoms with van der Waals surface area (Å²) in [6, 6.07) is 5.34. The number of rotatable bonds is 4. The molecule has 6 heteroatoms. The predicted octanol–water partition coefficient (Wildman–Crippen LogP) is 0.913. The van der Waals surface area contributed by atoms with Crippen LogP contribution in [-0.2, 0) is 6.54 Å². The van der Waals surface area contributed by atoms with Gasteiger partial charge in [0.2, 0.25) is 0 Å². The summed E-state index contributed by atoms with van der Waals surface area (Å²) < 4.78 is 10.5. The number of hydrogen-bond donors (Lipinski definition) is 2. The SMILES string of the molecule is COc1cccc(OC)c1-c1ncc(CN)c(=O)[nH]1. The first-order valence-corrected chi connectivity index (χ1v) is 5.71. The highest BCUT2D eigenvalue weighted by atomic mass is 16.5. The van der Waals surface area contributed by atoms with Crippen LogP contribution in [-0.4, -0.2) is 24.2 Å². The van der Waals surface area contributed by atoms with E-state index in [1.54, 1.807) is 32.4 Å². The van der Waals surface area contributed by atoms with Crippen LogP contribution in [0, 0.1) is 0 Å². The molecule has 0 fully saturated rings. The molecule has 0 saturated heterocycles. The summed E-state index contributed by atoms with van der Waals surface area (Å²) >= 11 is 0. The summed E-state index contributed by atoms with van der Waals surface area (Å²) in [4.78, 5) is 18.7. The average Bonchev–Trinajstić information content (AvgIpc) is 2.46. The van der Waals surface area contributed by atoms with Gasteiger partial charge in [-0.1, -0.05) is 6.07 Å². The van der Waals surface area contributed by atoms with Gasteiger partial charge in [-0.15, -0.1) is 0 Å². The van der Waals surface area contributed by atoms with Gasteiger partial charge in [0.15, 0.2) is 0 Å². The zero-order chi connectivity index (χ0) is 13.8. The molecule has 0 bridgehead atoms. The van der Waals surface area contributed by atoms with E-state index in [0.717, 1.165) is 0 Å². The molecule has 0 aliphatic rings. The third kappa shape index (κ3) is 2.43. The number of aromatic nitrogens is 2. The van der Waals surface area contributed by atoms with Crippen LogP contribution in [0.5, 0.6) is 11.5 Å². The van der Waals surface area contributed by atoms with Crippen LogP contribution in [0.2, 0.25) is 0 Å². The Morgan fingerprint density at radius 2 is 1.89 bits per heavy atom. The lowest BCUT2D eigenvalue weighted by atomic mass is 10.1. The molecule has 0 atom stereocenters. The summed E-state index contributed by atoms with van der Waals surface area (Å²) in [5.74, 6) is 1.53. The number of nitrogens with two attached hydrogens (primary N) is 1. The van der Waals surface area contributed by atoms with E-state index in [2.05, 4.69) is 9.97 Å². The van der Waals surface area contributed by atoms with E-state index in [0.29, 0.717) is 28.5 Å². The monoisotopic (exact) mass is 261 g/mol. The Kier molecular flexibility index (Phi) is 3.82. The molecule has 0 radical (unpaired) electrons. The fourth-order valence-electron chi connectivity index (χ4n) is 1.78. The molecule has 2 rings (SSSR count). The maximum atomic E-state index is 11.8. The molecule has 0 aliphatic carbocycles. The summed E-state index contributed by atoms with van der Waals surface area (Å²) in [6.45, 7) is 0.145. The second-order valence-corrected chi connectivity index (χ2v) is 3.83. The number of benzene rings is 1. The molecule has 0 saturated carbocycles. The lowest BCUT2D eigenvalue weighted by molar-refractivity contribution is 0.397. The van der Waals surface area contributed by atoms with Crippen molar-refractivity contribution in [3.63, 3.8) is 0 Å². The highest BCUT2D eigenvalue weighted by Crippen LogP contribution is 2.35. The van der Waals surface area contributed by atoms with Gasteiger partial charge in [-0.05, 0) is 12.1 Å². The maximum Gasteiger partial charge on any atom is 0.255 e. The average molecular weight is 261 g/mol. The van der Waals surface area contributed by atoms with Crippen LogP contribution in [0.4, 0.5) is 0 Å². The standard InChI is InChI=1S/C13H15N3O3/c1-18-9-4-3-5-10(19-2)11(9)12-15-7-8(6-14)13(17)16-12/h3-5,7H,6,14H2,1-2H3,(H,15,16,17). The van der Waals surface area contributed by atoms with Crippen LogP contribution in [0.15, 0.2) is 29.2 Å². The molecule has 2 aromatic rings. The Bertz CT molecular complexity index is 615. The van der Waals surface area contributed by atoms with Crippen molar-refractivity contribution in [1.82, 2.24) is 9.97 Å². The van der Waals surface area contributed by atoms with Crippen LogP contribution in [0.3, 0.4) is 0 Å². The number of methoxy groups -OCH3 is 2. The van der Waals surface area contributed by atoms with Crippen LogP contribution >= 0.6 is 0 Å². The molecule has 0 aliphatic heterocycles. The number of hydrogen-bond acceptors (Lipinski definition) is 5. The van der Waals surface area contributed by atoms with Crippen LogP contribution in [0.1, 0.15) is 5.56 Å². The molecule has 1 heterocycles. The summed E-state index contributed by atoms with van der Waals surface area (Å²) in [5, 5.41) is 0. The smallest absolute Gasteiger partial charge is 0.255 e. The van der Waals surface area contributed by atoms with Crippen molar-refractivity contribution in [2.45, 2.75) is 6.54 Å². The molecule has 0 spiro atoms. The van der Waals surface area contributed by atoms with Crippen molar-refractivity contribution in [1.29, 1.82) is 0 Å². The van der Waals surface area contributed by atoms with E-state index in [1.165, 1.54) is 6.20 Å². The fourth-order valence-corrected chi connectivity index (χ4v) is 1.78. The second kappa shape index (κ2) is 5.53. The van der Waals surface area contributed by atoms with Gasteiger partial charge in [0.05, 0.1) is 14.2 Å². The minimum atomic E-state index is -0.263. The Morgan fingerprint density at radius 1 is 1.26 bits per heavy atom. The summed E-state index contributed by atoms with van der Waals surface area (Å²) in [6.07, 6.45) is 1.46. The second-order valence-electron chi connectivity index (χ2n) is 3.83. The fraction of sp³-hybridized carbons (Fsp3) is 0.231. The number of H-pyrrole nitrogens is 1. The van der Waals surface area contributed by atoms with Crippen molar-refractivity contribution < 1.29 is 9.47 Å². The lowest BCUT2D eigenvalue weighted by Gasteiger charge is -2.12. The Morgan fingerprint density at radius 3 is 2.37 bits per heavy atom. The number of aromatic amines is 1. The zero-order valence-electron chi connectivity index (χ0n) is 10.8. The molecular formula is C13H15N3O3. The summed E-state index contributed by atoms with van der Waals surface area (Å²) in [7, 11) is 3.09. The van der Waals surface area contributed by atoms with Crippen molar-refractivity contribution in [3.8, 4) is 22.9 Å². The molecule has 100 valence electrons. The molecule has 0 unspecified atom stereocenters. The number of ether oxygens (including phenoxy) is 2. The molecule has 6 nitrogen and oxygen atoms in total. The first-order chi connectivity index (χ1) is 9.21. The Hall–Kier alpha value is -2.34. The van der Waals surface area contributed by atoms with Gasteiger partial charge in [-0.2, -0.15) is 0 Å². The predicted molar refractivity (Wildman–Crippen MR) is 71.3 cm³/mol.